The van der Waals surface area contributed by atoms with E-state index in [1.165, 1.54) is 0 Å². The van der Waals surface area contributed by atoms with Crippen LogP contribution < -0.4 is 5.32 Å². The molecule has 1 amide bonds. The average Bonchev–Trinajstić information content (AvgIpc) is 2.99. The number of nitrogens with one attached hydrogen (secondary N) is 1. The largest absolute Gasteiger partial charge is 0.481 e. The Bertz CT molecular complexity index is 623. The van der Waals surface area contributed by atoms with Crippen LogP contribution >= 0.6 is 0 Å². The zero-order chi connectivity index (χ0) is 15.2. The summed E-state index contributed by atoms with van der Waals surface area (Å²) in [5.74, 6) is -1.05. The molecule has 0 fully saturated rings. The second-order valence-corrected chi connectivity index (χ2v) is 4.70. The monoisotopic (exact) mass is 287 g/mol. The Hall–Kier alpha value is -2.63. The molecule has 2 aromatic rings. The Labute approximate surface area is 122 Å². The van der Waals surface area contributed by atoms with Crippen molar-refractivity contribution in [2.45, 2.75) is 25.8 Å². The quantitative estimate of drug-likeness (QED) is 0.852. The standard InChI is InChI=1S/C15H17N3O3/c1-11(18-10-4-9-16-18)15(21)17-13-6-3-2-5-12(13)7-8-14(19)20/h2-6,9-11H,7-8H2,1H3,(H,17,21)(H,19,20). The highest BCUT2D eigenvalue weighted by atomic mass is 16.4. The van der Waals surface area contributed by atoms with E-state index in [-0.39, 0.29) is 12.3 Å². The maximum atomic E-state index is 12.2. The molecule has 21 heavy (non-hydrogen) atoms. The molecule has 1 atom stereocenters. The van der Waals surface area contributed by atoms with E-state index in [1.54, 1.807) is 42.2 Å². The number of para-hydroxylation sites is 1. The number of amides is 1. The van der Waals surface area contributed by atoms with Crippen LogP contribution in [0, 0.1) is 0 Å². The molecule has 6 nitrogen and oxygen atoms in total. The molecule has 0 bridgehead atoms. The third kappa shape index (κ3) is 3.92. The van der Waals surface area contributed by atoms with Gasteiger partial charge in [-0.3, -0.25) is 14.3 Å². The van der Waals surface area contributed by atoms with E-state index in [0.29, 0.717) is 12.1 Å². The summed E-state index contributed by atoms with van der Waals surface area (Å²) >= 11 is 0. The van der Waals surface area contributed by atoms with Crippen LogP contribution in [0.2, 0.25) is 0 Å². The first kappa shape index (κ1) is 14.8. The lowest BCUT2D eigenvalue weighted by Gasteiger charge is -2.15. The number of benzene rings is 1. The summed E-state index contributed by atoms with van der Waals surface area (Å²) < 4.78 is 1.56. The van der Waals surface area contributed by atoms with Crippen molar-refractivity contribution in [2.75, 3.05) is 5.32 Å². The molecule has 0 aliphatic rings. The summed E-state index contributed by atoms with van der Waals surface area (Å²) in [4.78, 5) is 22.9. The van der Waals surface area contributed by atoms with Crippen molar-refractivity contribution in [1.29, 1.82) is 0 Å². The van der Waals surface area contributed by atoms with Crippen molar-refractivity contribution in [2.24, 2.45) is 0 Å². The Kier molecular flexibility index (Phi) is 4.71. The number of aromatic nitrogens is 2. The maximum Gasteiger partial charge on any atom is 0.303 e. The van der Waals surface area contributed by atoms with Crippen molar-refractivity contribution >= 4 is 17.6 Å². The van der Waals surface area contributed by atoms with Gasteiger partial charge in [0.1, 0.15) is 6.04 Å². The molecule has 0 saturated carbocycles. The van der Waals surface area contributed by atoms with Gasteiger partial charge in [-0.1, -0.05) is 18.2 Å². The minimum Gasteiger partial charge on any atom is -0.481 e. The van der Waals surface area contributed by atoms with Crippen LogP contribution in [0.25, 0.3) is 0 Å². The molecule has 110 valence electrons. The Morgan fingerprint density at radius 3 is 2.76 bits per heavy atom. The van der Waals surface area contributed by atoms with Gasteiger partial charge in [0.25, 0.3) is 0 Å². The number of hydrogen-bond donors (Lipinski definition) is 2. The Morgan fingerprint density at radius 2 is 2.10 bits per heavy atom. The number of carboxylic acids is 1. The number of anilines is 1. The first-order chi connectivity index (χ1) is 10.1. The fourth-order valence-electron chi connectivity index (χ4n) is 1.97. The van der Waals surface area contributed by atoms with Crippen LogP contribution in [-0.2, 0) is 16.0 Å². The van der Waals surface area contributed by atoms with Crippen LogP contribution in [0.3, 0.4) is 0 Å². The van der Waals surface area contributed by atoms with Gasteiger partial charge in [-0.25, -0.2) is 0 Å². The molecular weight excluding hydrogens is 270 g/mol. The van der Waals surface area contributed by atoms with Gasteiger partial charge in [0.15, 0.2) is 0 Å². The van der Waals surface area contributed by atoms with E-state index >= 15 is 0 Å². The number of carbonyl (C=O) groups excluding carboxylic acids is 1. The topological polar surface area (TPSA) is 84.2 Å². The van der Waals surface area contributed by atoms with E-state index in [9.17, 15) is 9.59 Å². The number of rotatable bonds is 6. The molecule has 2 N–H and O–H groups in total. The maximum absolute atomic E-state index is 12.2. The van der Waals surface area contributed by atoms with Crippen LogP contribution in [0.4, 0.5) is 5.69 Å². The number of aryl methyl sites for hydroxylation is 1. The molecule has 6 heteroatoms. The summed E-state index contributed by atoms with van der Waals surface area (Å²) in [6.07, 6.45) is 3.74. The highest BCUT2D eigenvalue weighted by Gasteiger charge is 2.16. The highest BCUT2D eigenvalue weighted by molar-refractivity contribution is 5.94. The second kappa shape index (κ2) is 6.69. The van der Waals surface area contributed by atoms with Crippen molar-refractivity contribution in [3.63, 3.8) is 0 Å². The fourth-order valence-corrected chi connectivity index (χ4v) is 1.97. The summed E-state index contributed by atoms with van der Waals surface area (Å²) in [6.45, 7) is 1.75. The molecule has 0 aliphatic carbocycles. The Balaban J connectivity index is 2.08. The number of aliphatic carboxylic acids is 1. The van der Waals surface area contributed by atoms with Crippen molar-refractivity contribution < 1.29 is 14.7 Å². The van der Waals surface area contributed by atoms with Gasteiger partial charge in [-0.2, -0.15) is 5.10 Å². The number of carbonyl (C=O) groups is 2. The zero-order valence-corrected chi connectivity index (χ0v) is 11.7. The fraction of sp³-hybridized carbons (Fsp3) is 0.267. The van der Waals surface area contributed by atoms with E-state index < -0.39 is 12.0 Å². The molecule has 0 aliphatic heterocycles. The van der Waals surface area contributed by atoms with E-state index in [1.807, 2.05) is 12.1 Å². The van der Waals surface area contributed by atoms with Gasteiger partial charge in [-0.05, 0) is 31.0 Å². The summed E-state index contributed by atoms with van der Waals surface area (Å²) in [5.41, 5.74) is 1.45. The van der Waals surface area contributed by atoms with Crippen molar-refractivity contribution in [3.05, 3.63) is 48.3 Å². The third-order valence-electron chi connectivity index (χ3n) is 3.18. The third-order valence-corrected chi connectivity index (χ3v) is 3.18. The van der Waals surface area contributed by atoms with Crippen molar-refractivity contribution in [3.8, 4) is 0 Å². The number of hydrogen-bond acceptors (Lipinski definition) is 3. The smallest absolute Gasteiger partial charge is 0.303 e. The van der Waals surface area contributed by atoms with Gasteiger partial charge >= 0.3 is 5.97 Å². The molecule has 0 radical (unpaired) electrons. The average molecular weight is 287 g/mol. The minimum absolute atomic E-state index is 0.0294. The van der Waals surface area contributed by atoms with Gasteiger partial charge in [-0.15, -0.1) is 0 Å². The SMILES string of the molecule is CC(C(=O)Nc1ccccc1CCC(=O)O)n1cccn1. The summed E-state index contributed by atoms with van der Waals surface area (Å²) in [6, 6.07) is 8.53. The molecule has 1 unspecified atom stereocenters. The lowest BCUT2D eigenvalue weighted by atomic mass is 10.1. The predicted octanol–water partition coefficient (Wildman–Crippen LogP) is 2.10. The van der Waals surface area contributed by atoms with Crippen LogP contribution in [-0.4, -0.2) is 26.8 Å². The summed E-state index contributed by atoms with van der Waals surface area (Å²) in [5, 5.41) is 15.6. The van der Waals surface area contributed by atoms with E-state index in [0.717, 1.165) is 5.56 Å². The van der Waals surface area contributed by atoms with Gasteiger partial charge in [0.05, 0.1) is 0 Å². The van der Waals surface area contributed by atoms with Crippen LogP contribution in [0.5, 0.6) is 0 Å². The molecule has 1 aromatic carbocycles. The first-order valence-corrected chi connectivity index (χ1v) is 6.67. The molecular formula is C15H17N3O3. The zero-order valence-electron chi connectivity index (χ0n) is 11.7. The Morgan fingerprint density at radius 1 is 1.33 bits per heavy atom. The molecule has 2 rings (SSSR count). The van der Waals surface area contributed by atoms with Crippen LogP contribution in [0.15, 0.2) is 42.7 Å². The molecule has 0 saturated heterocycles. The number of carboxylic acid groups (broad SMARTS) is 1. The normalized spacial score (nSPS) is 11.9. The first-order valence-electron chi connectivity index (χ1n) is 6.67. The highest BCUT2D eigenvalue weighted by Crippen LogP contribution is 2.18. The van der Waals surface area contributed by atoms with Crippen molar-refractivity contribution in [1.82, 2.24) is 9.78 Å². The lowest BCUT2D eigenvalue weighted by molar-refractivity contribution is -0.137. The second-order valence-electron chi connectivity index (χ2n) is 4.70. The lowest BCUT2D eigenvalue weighted by Crippen LogP contribution is -2.24. The van der Waals surface area contributed by atoms with Gasteiger partial charge < -0.3 is 10.4 Å². The summed E-state index contributed by atoms with van der Waals surface area (Å²) in [7, 11) is 0. The van der Waals surface area contributed by atoms with Crippen LogP contribution in [0.1, 0.15) is 24.9 Å². The van der Waals surface area contributed by atoms with E-state index in [4.69, 9.17) is 5.11 Å². The molecule has 0 spiro atoms. The molecule has 1 aromatic heterocycles. The number of nitrogens with zero attached hydrogens (tertiary/aromatic N) is 2. The van der Waals surface area contributed by atoms with E-state index in [2.05, 4.69) is 10.4 Å². The minimum atomic E-state index is -0.860. The van der Waals surface area contributed by atoms with Gasteiger partial charge in [0.2, 0.25) is 5.91 Å². The molecule has 1 heterocycles. The van der Waals surface area contributed by atoms with Gasteiger partial charge in [0, 0.05) is 24.5 Å². The predicted molar refractivity (Wildman–Crippen MR) is 78.0 cm³/mol.